The highest BCUT2D eigenvalue weighted by Crippen LogP contribution is 2.35. The zero-order valence-electron chi connectivity index (χ0n) is 18.0. The van der Waals surface area contributed by atoms with Gasteiger partial charge >= 0.3 is 6.18 Å². The molecule has 182 valence electrons. The number of para-hydroxylation sites is 1. The van der Waals surface area contributed by atoms with E-state index in [1.54, 1.807) is 6.07 Å². The number of amides is 1. The zero-order chi connectivity index (χ0) is 26.0. The number of halogens is 5. The molecule has 0 aliphatic rings. The number of nitrogens with zero attached hydrogens (tertiary/aromatic N) is 3. The highest BCUT2D eigenvalue weighted by atomic mass is 19.4. The van der Waals surface area contributed by atoms with E-state index in [0.29, 0.717) is 23.0 Å². The van der Waals surface area contributed by atoms with Crippen molar-refractivity contribution in [3.05, 3.63) is 89.4 Å². The molecule has 0 radical (unpaired) electrons. The number of nitrogen functional groups attached to an aromatic ring is 1. The second-order valence-electron chi connectivity index (χ2n) is 7.19. The van der Waals surface area contributed by atoms with E-state index in [4.69, 9.17) is 16.9 Å². The summed E-state index contributed by atoms with van der Waals surface area (Å²) in [6, 6.07) is 9.92. The summed E-state index contributed by atoms with van der Waals surface area (Å²) in [6.45, 7) is 0. The van der Waals surface area contributed by atoms with Crippen molar-refractivity contribution in [2.24, 2.45) is 0 Å². The molecule has 0 bridgehead atoms. The van der Waals surface area contributed by atoms with E-state index < -0.39 is 46.4 Å². The summed E-state index contributed by atoms with van der Waals surface area (Å²) >= 11 is 0. The lowest BCUT2D eigenvalue weighted by atomic mass is 10.2. The molecule has 1 amide bonds. The number of ether oxygens (including phenoxy) is 1. The van der Waals surface area contributed by atoms with Crippen molar-refractivity contribution in [3.8, 4) is 29.5 Å². The van der Waals surface area contributed by atoms with Gasteiger partial charge in [-0.2, -0.15) is 18.3 Å². The molecular weight excluding hydrogens is 485 g/mol. The van der Waals surface area contributed by atoms with Gasteiger partial charge in [-0.3, -0.25) is 4.79 Å². The van der Waals surface area contributed by atoms with Crippen molar-refractivity contribution in [1.82, 2.24) is 14.8 Å². The molecule has 2 heterocycles. The van der Waals surface area contributed by atoms with E-state index in [-0.39, 0.29) is 22.8 Å². The van der Waals surface area contributed by atoms with Gasteiger partial charge in [-0.25, -0.2) is 18.4 Å². The van der Waals surface area contributed by atoms with Crippen LogP contribution >= 0.6 is 0 Å². The highest BCUT2D eigenvalue weighted by molar-refractivity contribution is 6.05. The average molecular weight is 499 g/mol. The number of terminal acetylenes is 1. The first-order chi connectivity index (χ1) is 17.1. The van der Waals surface area contributed by atoms with Gasteiger partial charge in [0.2, 0.25) is 0 Å². The SMILES string of the molecule is C#Cc1c(Oc2c(F)cc(NC(=O)c3cnn(-c4ccccc4)c3C(F)(F)F)cc2F)ccnc1N. The van der Waals surface area contributed by atoms with Crippen molar-refractivity contribution in [2.75, 3.05) is 11.1 Å². The third kappa shape index (κ3) is 4.67. The molecule has 4 rings (SSSR count). The molecule has 0 fully saturated rings. The molecule has 2 aromatic heterocycles. The molecule has 0 aliphatic heterocycles. The molecule has 0 unspecified atom stereocenters. The number of pyridine rings is 1. The maximum Gasteiger partial charge on any atom is 0.434 e. The van der Waals surface area contributed by atoms with Crippen LogP contribution in [0.25, 0.3) is 5.69 Å². The van der Waals surface area contributed by atoms with Gasteiger partial charge in [-0.05, 0) is 12.1 Å². The Morgan fingerprint density at radius 2 is 1.78 bits per heavy atom. The predicted octanol–water partition coefficient (Wildman–Crippen LogP) is 5.17. The van der Waals surface area contributed by atoms with Crippen LogP contribution in [0, 0.1) is 24.0 Å². The quantitative estimate of drug-likeness (QED) is 0.292. The molecule has 7 nitrogen and oxygen atoms in total. The molecule has 0 spiro atoms. The second-order valence-corrected chi connectivity index (χ2v) is 7.19. The lowest BCUT2D eigenvalue weighted by molar-refractivity contribution is -0.143. The fraction of sp³-hybridized carbons (Fsp3) is 0.0417. The minimum absolute atomic E-state index is 0.0382. The number of carbonyl (C=O) groups is 1. The number of nitrogens with two attached hydrogens (primary N) is 1. The van der Waals surface area contributed by atoms with Crippen LogP contribution in [0.15, 0.2) is 60.9 Å². The molecule has 0 atom stereocenters. The summed E-state index contributed by atoms with van der Waals surface area (Å²) in [5.41, 5.74) is 2.98. The van der Waals surface area contributed by atoms with Crippen LogP contribution in [0.1, 0.15) is 21.6 Å². The molecule has 3 N–H and O–H groups in total. The Labute approximate surface area is 200 Å². The lowest BCUT2D eigenvalue weighted by Gasteiger charge is -2.14. The van der Waals surface area contributed by atoms with E-state index in [2.05, 4.69) is 16.0 Å². The smallest absolute Gasteiger partial charge is 0.434 e. The average Bonchev–Trinajstić information content (AvgIpc) is 3.28. The van der Waals surface area contributed by atoms with Crippen molar-refractivity contribution in [3.63, 3.8) is 0 Å². The Bertz CT molecular complexity index is 1470. The number of carbonyl (C=O) groups excluding carboxylic acids is 1. The number of nitrogens with one attached hydrogen (secondary N) is 1. The van der Waals surface area contributed by atoms with E-state index >= 15 is 0 Å². The Hall–Kier alpha value is -4.92. The van der Waals surface area contributed by atoms with Crippen LogP contribution < -0.4 is 15.8 Å². The molecule has 12 heteroatoms. The Kier molecular flexibility index (Phi) is 6.31. The predicted molar refractivity (Wildman–Crippen MR) is 120 cm³/mol. The van der Waals surface area contributed by atoms with Crippen LogP contribution in [0.2, 0.25) is 0 Å². The first-order valence-electron chi connectivity index (χ1n) is 10.00. The van der Waals surface area contributed by atoms with Gasteiger partial charge in [0.05, 0.1) is 17.4 Å². The summed E-state index contributed by atoms with van der Waals surface area (Å²) in [5, 5.41) is 5.72. The number of rotatable bonds is 5. The van der Waals surface area contributed by atoms with E-state index in [1.807, 2.05) is 5.32 Å². The monoisotopic (exact) mass is 499 g/mol. The van der Waals surface area contributed by atoms with Crippen LogP contribution in [0.3, 0.4) is 0 Å². The molecule has 2 aromatic carbocycles. The molecule has 4 aromatic rings. The van der Waals surface area contributed by atoms with Crippen LogP contribution in [-0.4, -0.2) is 20.7 Å². The number of aromatic nitrogens is 3. The van der Waals surface area contributed by atoms with Crippen LogP contribution in [-0.2, 0) is 6.18 Å². The van der Waals surface area contributed by atoms with Gasteiger partial charge in [-0.1, -0.05) is 24.1 Å². The Morgan fingerprint density at radius 3 is 2.39 bits per heavy atom. The molecule has 0 saturated carbocycles. The van der Waals surface area contributed by atoms with Gasteiger partial charge < -0.3 is 15.8 Å². The topological polar surface area (TPSA) is 95.1 Å². The fourth-order valence-corrected chi connectivity index (χ4v) is 3.28. The van der Waals surface area contributed by atoms with Crippen molar-refractivity contribution >= 4 is 17.4 Å². The summed E-state index contributed by atoms with van der Waals surface area (Å²) < 4.78 is 76.5. The van der Waals surface area contributed by atoms with Crippen LogP contribution in [0.5, 0.6) is 11.5 Å². The van der Waals surface area contributed by atoms with Gasteiger partial charge in [0, 0.05) is 30.1 Å². The Balaban J connectivity index is 1.64. The standard InChI is InChI=1S/C24H14F5N5O2/c1-2-15-19(8-9-31-22(15)30)36-20-17(25)10-13(11-18(20)26)33-23(35)16-12-32-34(21(16)24(27,28)29)14-6-4-3-5-7-14/h1,3-12H,(H2,30,31)(H,33,35). The number of hydrogen-bond donors (Lipinski definition) is 2. The van der Waals surface area contributed by atoms with Crippen molar-refractivity contribution in [1.29, 1.82) is 0 Å². The lowest BCUT2D eigenvalue weighted by Crippen LogP contribution is -2.20. The first-order valence-corrected chi connectivity index (χ1v) is 10.00. The minimum atomic E-state index is -4.96. The molecular formula is C24H14F5N5O2. The molecule has 36 heavy (non-hydrogen) atoms. The van der Waals surface area contributed by atoms with Gasteiger partial charge in [-0.15, -0.1) is 6.42 Å². The maximum absolute atomic E-state index is 14.7. The Morgan fingerprint density at radius 1 is 1.11 bits per heavy atom. The van der Waals surface area contributed by atoms with Gasteiger partial charge in [0.25, 0.3) is 5.91 Å². The second kappa shape index (κ2) is 9.38. The fourth-order valence-electron chi connectivity index (χ4n) is 3.28. The summed E-state index contributed by atoms with van der Waals surface area (Å²) in [7, 11) is 0. The van der Waals surface area contributed by atoms with E-state index in [1.165, 1.54) is 36.5 Å². The molecule has 0 aliphatic carbocycles. The number of hydrogen-bond acceptors (Lipinski definition) is 5. The van der Waals surface area contributed by atoms with Crippen molar-refractivity contribution < 1.29 is 31.5 Å². The summed E-state index contributed by atoms with van der Waals surface area (Å²) in [4.78, 5) is 16.4. The van der Waals surface area contributed by atoms with E-state index in [0.717, 1.165) is 0 Å². The molecule has 0 saturated heterocycles. The summed E-state index contributed by atoms with van der Waals surface area (Å²) in [6.07, 6.45) is 2.29. The first kappa shape index (κ1) is 24.2. The van der Waals surface area contributed by atoms with E-state index in [9.17, 15) is 26.7 Å². The third-order valence-electron chi connectivity index (χ3n) is 4.84. The number of benzene rings is 2. The minimum Gasteiger partial charge on any atom is -0.450 e. The van der Waals surface area contributed by atoms with Gasteiger partial charge in [0.1, 0.15) is 17.1 Å². The largest absolute Gasteiger partial charge is 0.450 e. The third-order valence-corrected chi connectivity index (χ3v) is 4.84. The number of alkyl halides is 3. The number of anilines is 2. The maximum atomic E-state index is 14.7. The van der Waals surface area contributed by atoms with Gasteiger partial charge in [0.15, 0.2) is 23.1 Å². The van der Waals surface area contributed by atoms with Crippen LogP contribution in [0.4, 0.5) is 33.5 Å². The zero-order valence-corrected chi connectivity index (χ0v) is 18.0. The van der Waals surface area contributed by atoms with Crippen molar-refractivity contribution in [2.45, 2.75) is 6.18 Å². The normalized spacial score (nSPS) is 11.1. The highest BCUT2D eigenvalue weighted by Gasteiger charge is 2.40. The summed E-state index contributed by atoms with van der Waals surface area (Å²) in [5.74, 6) is -2.74.